The van der Waals surface area contributed by atoms with Crippen LogP contribution in [0.2, 0.25) is 5.02 Å². The van der Waals surface area contributed by atoms with Gasteiger partial charge in [0.05, 0.1) is 11.4 Å². The smallest absolute Gasteiger partial charge is 0.423 e. The van der Waals surface area contributed by atoms with E-state index in [0.717, 1.165) is 11.3 Å². The number of aromatic nitrogens is 3. The second-order valence-electron chi connectivity index (χ2n) is 7.00. The topological polar surface area (TPSA) is 101 Å². The third-order valence-corrected chi connectivity index (χ3v) is 5.10. The van der Waals surface area contributed by atoms with Crippen molar-refractivity contribution in [1.82, 2.24) is 14.8 Å². The number of carbonyl (C=O) groups is 1. The van der Waals surface area contributed by atoms with Crippen molar-refractivity contribution in [2.45, 2.75) is 26.3 Å². The Labute approximate surface area is 172 Å². The summed E-state index contributed by atoms with van der Waals surface area (Å²) < 4.78 is 1.86. The number of halogens is 1. The van der Waals surface area contributed by atoms with Crippen LogP contribution in [0.15, 0.2) is 47.5 Å². The minimum Gasteiger partial charge on any atom is -0.423 e. The molecule has 0 aliphatic carbocycles. The van der Waals surface area contributed by atoms with Crippen molar-refractivity contribution in [3.8, 4) is 5.69 Å². The van der Waals surface area contributed by atoms with Gasteiger partial charge >= 0.3 is 7.12 Å². The standard InChI is InChI=1S/C20H18BClN4O3/c1-11(27)9-17-20-25-24-12(2)26(20)18-8-5-14(21(28)29)10-16(18)19(23-17)13-3-6-15(22)7-4-13/h3-8,10,17,28-29H,9H2,1-2H3/t17-/m0/s1. The fraction of sp³-hybridized carbons (Fsp3) is 0.200. The van der Waals surface area contributed by atoms with Gasteiger partial charge in [-0.05, 0) is 37.5 Å². The predicted octanol–water partition coefficient (Wildman–Crippen LogP) is 1.78. The molecule has 2 N–H and O–H groups in total. The molecule has 4 rings (SSSR count). The van der Waals surface area contributed by atoms with Gasteiger partial charge in [-0.1, -0.05) is 35.9 Å². The van der Waals surface area contributed by atoms with Crippen LogP contribution in [0, 0.1) is 6.92 Å². The lowest BCUT2D eigenvalue weighted by Gasteiger charge is -2.14. The summed E-state index contributed by atoms with van der Waals surface area (Å²) in [6.07, 6.45) is 0.179. The number of benzene rings is 2. The quantitative estimate of drug-likeness (QED) is 0.641. The van der Waals surface area contributed by atoms with Crippen molar-refractivity contribution in [3.63, 3.8) is 0 Å². The largest absolute Gasteiger partial charge is 0.488 e. The average molecular weight is 409 g/mol. The van der Waals surface area contributed by atoms with E-state index in [4.69, 9.17) is 16.6 Å². The summed E-state index contributed by atoms with van der Waals surface area (Å²) in [6.45, 7) is 3.34. The Bertz CT molecular complexity index is 1130. The minimum absolute atomic E-state index is 0.0150. The second kappa shape index (κ2) is 7.55. The van der Waals surface area contributed by atoms with Crippen molar-refractivity contribution in [2.75, 3.05) is 0 Å². The molecule has 7 nitrogen and oxygen atoms in total. The van der Waals surface area contributed by atoms with Crippen molar-refractivity contribution in [2.24, 2.45) is 4.99 Å². The summed E-state index contributed by atoms with van der Waals surface area (Å²) in [6, 6.07) is 11.8. The third kappa shape index (κ3) is 3.62. The number of carbonyl (C=O) groups excluding carboxylic acids is 1. The van der Waals surface area contributed by atoms with Crippen LogP contribution < -0.4 is 5.46 Å². The number of nitrogens with zero attached hydrogens (tertiary/aromatic N) is 4. The molecule has 2 heterocycles. The lowest BCUT2D eigenvalue weighted by atomic mass is 9.78. The van der Waals surface area contributed by atoms with E-state index in [-0.39, 0.29) is 12.2 Å². The van der Waals surface area contributed by atoms with Crippen LogP contribution in [0.1, 0.15) is 42.2 Å². The average Bonchev–Trinajstić information content (AvgIpc) is 3.00. The number of aryl methyl sites for hydroxylation is 1. The van der Waals surface area contributed by atoms with E-state index in [2.05, 4.69) is 10.2 Å². The first-order valence-electron chi connectivity index (χ1n) is 9.11. The van der Waals surface area contributed by atoms with Crippen LogP contribution in [-0.4, -0.2) is 43.4 Å². The molecular weight excluding hydrogens is 391 g/mol. The Kier molecular flexibility index (Phi) is 5.08. The molecule has 0 saturated carbocycles. The van der Waals surface area contributed by atoms with Gasteiger partial charge in [0.15, 0.2) is 5.82 Å². The summed E-state index contributed by atoms with van der Waals surface area (Å²) in [5.41, 5.74) is 3.20. The SMILES string of the molecule is CC(=O)C[C@@H]1N=C(c2ccc(Cl)cc2)c2cc(B(O)O)ccc2-n2c(C)nnc21. The van der Waals surface area contributed by atoms with Gasteiger partial charge in [-0.3, -0.25) is 14.4 Å². The van der Waals surface area contributed by atoms with E-state index >= 15 is 0 Å². The zero-order chi connectivity index (χ0) is 20.7. The summed E-state index contributed by atoms with van der Waals surface area (Å²) in [7, 11) is -1.62. The van der Waals surface area contributed by atoms with E-state index in [1.807, 2.05) is 23.6 Å². The zero-order valence-electron chi connectivity index (χ0n) is 15.9. The highest BCUT2D eigenvalue weighted by molar-refractivity contribution is 6.58. The maximum Gasteiger partial charge on any atom is 0.488 e. The van der Waals surface area contributed by atoms with Crippen molar-refractivity contribution >= 4 is 35.7 Å². The Hall–Kier alpha value is -2.81. The summed E-state index contributed by atoms with van der Waals surface area (Å²) in [4.78, 5) is 16.8. The third-order valence-electron chi connectivity index (χ3n) is 4.85. The van der Waals surface area contributed by atoms with Crippen molar-refractivity contribution in [3.05, 3.63) is 70.3 Å². The number of ketones is 1. The summed E-state index contributed by atoms with van der Waals surface area (Å²) in [5, 5.41) is 28.4. The molecule has 29 heavy (non-hydrogen) atoms. The predicted molar refractivity (Wildman–Crippen MR) is 111 cm³/mol. The normalized spacial score (nSPS) is 15.2. The lowest BCUT2D eigenvalue weighted by molar-refractivity contribution is -0.117. The molecule has 1 aromatic heterocycles. The molecule has 146 valence electrons. The van der Waals surface area contributed by atoms with Gasteiger partial charge in [0.25, 0.3) is 0 Å². The minimum atomic E-state index is -1.62. The van der Waals surface area contributed by atoms with Crippen LogP contribution in [0.5, 0.6) is 0 Å². The Morgan fingerprint density at radius 3 is 2.55 bits per heavy atom. The molecule has 0 unspecified atom stereocenters. The lowest BCUT2D eigenvalue weighted by Crippen LogP contribution is -2.31. The van der Waals surface area contributed by atoms with Gasteiger partial charge in [0.2, 0.25) is 0 Å². The molecule has 0 bridgehead atoms. The number of rotatable bonds is 4. The molecule has 0 spiro atoms. The molecule has 2 aromatic carbocycles. The van der Waals surface area contributed by atoms with E-state index in [1.54, 1.807) is 30.3 Å². The van der Waals surface area contributed by atoms with E-state index < -0.39 is 13.2 Å². The van der Waals surface area contributed by atoms with Crippen LogP contribution in [0.4, 0.5) is 0 Å². The molecule has 0 radical (unpaired) electrons. The van der Waals surface area contributed by atoms with Gasteiger partial charge in [-0.2, -0.15) is 0 Å². The Morgan fingerprint density at radius 2 is 1.90 bits per heavy atom. The van der Waals surface area contributed by atoms with Gasteiger partial charge in [0, 0.05) is 22.6 Å². The summed E-state index contributed by atoms with van der Waals surface area (Å²) >= 11 is 6.05. The fourth-order valence-corrected chi connectivity index (χ4v) is 3.65. The molecule has 3 aromatic rings. The van der Waals surface area contributed by atoms with Crippen molar-refractivity contribution in [1.29, 1.82) is 0 Å². The second-order valence-corrected chi connectivity index (χ2v) is 7.43. The number of Topliss-reactive ketones (excluding diaryl/α,β-unsaturated/α-hetero) is 1. The van der Waals surface area contributed by atoms with Gasteiger partial charge in [0.1, 0.15) is 17.6 Å². The first-order valence-corrected chi connectivity index (χ1v) is 9.49. The number of hydrogen-bond donors (Lipinski definition) is 2. The molecule has 0 saturated heterocycles. The molecule has 1 aliphatic heterocycles. The van der Waals surface area contributed by atoms with E-state index in [1.165, 1.54) is 6.92 Å². The maximum absolute atomic E-state index is 11.9. The van der Waals surface area contributed by atoms with E-state index in [9.17, 15) is 14.8 Å². The van der Waals surface area contributed by atoms with Crippen LogP contribution in [-0.2, 0) is 4.79 Å². The van der Waals surface area contributed by atoms with Crippen LogP contribution in [0.3, 0.4) is 0 Å². The zero-order valence-corrected chi connectivity index (χ0v) is 16.6. The number of aliphatic imine (C=N–C) groups is 1. The molecule has 9 heteroatoms. The fourth-order valence-electron chi connectivity index (χ4n) is 3.52. The molecule has 1 aliphatic rings. The number of fused-ring (bicyclic) bond motifs is 3. The van der Waals surface area contributed by atoms with Crippen LogP contribution >= 0.6 is 11.6 Å². The van der Waals surface area contributed by atoms with E-state index in [0.29, 0.717) is 33.4 Å². The Balaban J connectivity index is 2.03. The first kappa shape index (κ1) is 19.5. The Morgan fingerprint density at radius 1 is 1.17 bits per heavy atom. The summed E-state index contributed by atoms with van der Waals surface area (Å²) in [5.74, 6) is 1.21. The van der Waals surface area contributed by atoms with Crippen LogP contribution in [0.25, 0.3) is 5.69 Å². The molecule has 1 atom stereocenters. The van der Waals surface area contributed by atoms with Gasteiger partial charge < -0.3 is 10.0 Å². The monoisotopic (exact) mass is 408 g/mol. The molecule has 0 amide bonds. The highest BCUT2D eigenvalue weighted by Gasteiger charge is 2.29. The molecular formula is C20H18BClN4O3. The maximum atomic E-state index is 11.9. The highest BCUT2D eigenvalue weighted by atomic mass is 35.5. The first-order chi connectivity index (χ1) is 13.8. The highest BCUT2D eigenvalue weighted by Crippen LogP contribution is 2.32. The molecule has 0 fully saturated rings. The van der Waals surface area contributed by atoms with Crippen molar-refractivity contribution < 1.29 is 14.8 Å². The number of hydrogen-bond acceptors (Lipinski definition) is 6. The van der Waals surface area contributed by atoms with Gasteiger partial charge in [-0.15, -0.1) is 10.2 Å². The van der Waals surface area contributed by atoms with Gasteiger partial charge in [-0.25, -0.2) is 0 Å².